The molecule has 1 aromatic heterocycles. The summed E-state index contributed by atoms with van der Waals surface area (Å²) in [7, 11) is 0. The van der Waals surface area contributed by atoms with Crippen molar-refractivity contribution in [2.24, 2.45) is 5.41 Å². The highest BCUT2D eigenvalue weighted by Crippen LogP contribution is 2.47. The Morgan fingerprint density at radius 1 is 1.24 bits per heavy atom. The molecule has 0 spiro atoms. The van der Waals surface area contributed by atoms with Crippen molar-refractivity contribution in [2.75, 3.05) is 6.54 Å². The van der Waals surface area contributed by atoms with E-state index >= 15 is 0 Å². The number of nitrogens with one attached hydrogen (secondary N) is 1. The van der Waals surface area contributed by atoms with Crippen molar-refractivity contribution in [1.29, 1.82) is 0 Å². The third-order valence-electron chi connectivity index (χ3n) is 4.36. The molecule has 1 aliphatic heterocycles. The van der Waals surface area contributed by atoms with Crippen LogP contribution in [0.4, 0.5) is 0 Å². The Morgan fingerprint density at radius 2 is 2.00 bits per heavy atom. The van der Waals surface area contributed by atoms with Crippen molar-refractivity contribution in [3.8, 4) is 0 Å². The van der Waals surface area contributed by atoms with Crippen molar-refractivity contribution in [2.45, 2.75) is 57.9 Å². The third-order valence-corrected chi connectivity index (χ3v) is 4.36. The molecule has 94 valence electrons. The minimum absolute atomic E-state index is 0.195. The van der Waals surface area contributed by atoms with Crippen LogP contribution in [0.2, 0.25) is 0 Å². The van der Waals surface area contributed by atoms with Gasteiger partial charge in [0.2, 0.25) is 5.89 Å². The second-order valence-corrected chi connectivity index (χ2v) is 6.50. The van der Waals surface area contributed by atoms with Crippen molar-refractivity contribution >= 4 is 0 Å². The fourth-order valence-corrected chi connectivity index (χ4v) is 2.64. The van der Waals surface area contributed by atoms with E-state index in [2.05, 4.69) is 36.2 Å². The van der Waals surface area contributed by atoms with Crippen LogP contribution in [0.3, 0.4) is 0 Å². The van der Waals surface area contributed by atoms with Crippen molar-refractivity contribution < 1.29 is 4.52 Å². The largest absolute Gasteiger partial charge is 0.338 e. The van der Waals surface area contributed by atoms with Gasteiger partial charge >= 0.3 is 0 Å². The van der Waals surface area contributed by atoms with Crippen LogP contribution < -0.4 is 5.32 Å². The Kier molecular flexibility index (Phi) is 2.34. The molecule has 2 fully saturated rings. The summed E-state index contributed by atoms with van der Waals surface area (Å²) in [5.74, 6) is 1.67. The van der Waals surface area contributed by atoms with Gasteiger partial charge in [0.25, 0.3) is 0 Å². The zero-order valence-corrected chi connectivity index (χ0v) is 10.9. The van der Waals surface area contributed by atoms with Gasteiger partial charge in [0.1, 0.15) is 0 Å². The Hall–Kier alpha value is -0.900. The first-order chi connectivity index (χ1) is 8.01. The predicted molar refractivity (Wildman–Crippen MR) is 64.6 cm³/mol. The van der Waals surface area contributed by atoms with Gasteiger partial charge in [0, 0.05) is 5.41 Å². The van der Waals surface area contributed by atoms with E-state index in [0.717, 1.165) is 18.3 Å². The number of hydrogen-bond acceptors (Lipinski definition) is 4. The molecule has 1 saturated carbocycles. The van der Waals surface area contributed by atoms with Crippen LogP contribution in [-0.4, -0.2) is 16.7 Å². The molecule has 1 N–H and O–H groups in total. The number of nitrogens with zero attached hydrogens (tertiary/aromatic N) is 2. The summed E-state index contributed by atoms with van der Waals surface area (Å²) in [6.07, 6.45) is 4.81. The first-order valence-corrected chi connectivity index (χ1v) is 6.59. The summed E-state index contributed by atoms with van der Waals surface area (Å²) in [5.41, 5.74) is 0.396. The molecule has 1 unspecified atom stereocenters. The minimum Gasteiger partial charge on any atom is -0.338 e. The molecular formula is C13H21N3O. The zero-order valence-electron chi connectivity index (χ0n) is 10.9. The maximum atomic E-state index is 5.48. The maximum absolute atomic E-state index is 5.48. The summed E-state index contributed by atoms with van der Waals surface area (Å²) in [6.45, 7) is 7.79. The molecule has 1 aromatic rings. The van der Waals surface area contributed by atoms with Crippen LogP contribution in [0.25, 0.3) is 0 Å². The smallest absolute Gasteiger partial charge is 0.244 e. The first-order valence-electron chi connectivity index (χ1n) is 6.59. The van der Waals surface area contributed by atoms with Gasteiger partial charge in [-0.1, -0.05) is 25.9 Å². The van der Waals surface area contributed by atoms with E-state index in [1.807, 2.05) is 0 Å². The lowest BCUT2D eigenvalue weighted by Crippen LogP contribution is -2.39. The Labute approximate surface area is 102 Å². The van der Waals surface area contributed by atoms with E-state index in [9.17, 15) is 0 Å². The van der Waals surface area contributed by atoms with Gasteiger partial charge in [-0.15, -0.1) is 0 Å². The van der Waals surface area contributed by atoms with E-state index in [1.54, 1.807) is 0 Å². The van der Waals surface area contributed by atoms with Crippen LogP contribution in [0.15, 0.2) is 4.52 Å². The second-order valence-electron chi connectivity index (χ2n) is 6.50. The van der Waals surface area contributed by atoms with Gasteiger partial charge in [0.05, 0.1) is 6.04 Å². The number of piperidine rings is 1. The van der Waals surface area contributed by atoms with Gasteiger partial charge in [-0.2, -0.15) is 4.98 Å². The minimum atomic E-state index is 0.195. The molecule has 1 aliphatic carbocycles. The molecule has 2 aliphatic rings. The topological polar surface area (TPSA) is 51.0 Å². The highest BCUT2D eigenvalue weighted by atomic mass is 16.5. The number of rotatable bonds is 2. The van der Waals surface area contributed by atoms with Crippen molar-refractivity contribution in [3.05, 3.63) is 11.7 Å². The Balaban J connectivity index is 1.85. The normalized spacial score (nSPS) is 30.2. The molecule has 2 heterocycles. The zero-order chi connectivity index (χ0) is 12.1. The molecule has 4 heteroatoms. The number of hydrogen-bond donors (Lipinski definition) is 1. The SMILES string of the molecule is CC1(c2noc(C3NCCCC3(C)C)n2)CC1. The van der Waals surface area contributed by atoms with E-state index in [4.69, 9.17) is 4.52 Å². The average Bonchev–Trinajstić information content (AvgIpc) is 2.84. The molecule has 1 saturated heterocycles. The molecule has 0 radical (unpaired) electrons. The number of aromatic nitrogens is 2. The van der Waals surface area contributed by atoms with Gasteiger partial charge < -0.3 is 9.84 Å². The van der Waals surface area contributed by atoms with Crippen LogP contribution in [0.5, 0.6) is 0 Å². The average molecular weight is 235 g/mol. The molecule has 3 rings (SSSR count). The van der Waals surface area contributed by atoms with E-state index in [-0.39, 0.29) is 16.9 Å². The highest BCUT2D eigenvalue weighted by molar-refractivity contribution is 5.15. The van der Waals surface area contributed by atoms with E-state index in [1.165, 1.54) is 25.7 Å². The van der Waals surface area contributed by atoms with Gasteiger partial charge in [-0.25, -0.2) is 0 Å². The highest BCUT2D eigenvalue weighted by Gasteiger charge is 2.45. The maximum Gasteiger partial charge on any atom is 0.244 e. The van der Waals surface area contributed by atoms with Crippen LogP contribution in [0.1, 0.15) is 64.2 Å². The summed E-state index contributed by atoms with van der Waals surface area (Å²) in [5, 5.41) is 7.68. The first kappa shape index (κ1) is 11.2. The van der Waals surface area contributed by atoms with Crippen LogP contribution in [-0.2, 0) is 5.41 Å². The lowest BCUT2D eigenvalue weighted by atomic mass is 9.77. The molecule has 0 amide bonds. The molecule has 1 atom stereocenters. The molecule has 0 aromatic carbocycles. The van der Waals surface area contributed by atoms with Crippen molar-refractivity contribution in [3.63, 3.8) is 0 Å². The molecular weight excluding hydrogens is 214 g/mol. The van der Waals surface area contributed by atoms with Crippen molar-refractivity contribution in [1.82, 2.24) is 15.5 Å². The Bertz CT molecular complexity index is 420. The third kappa shape index (κ3) is 1.88. The monoisotopic (exact) mass is 235 g/mol. The van der Waals surface area contributed by atoms with Gasteiger partial charge in [0.15, 0.2) is 5.82 Å². The lowest BCUT2D eigenvalue weighted by Gasteiger charge is -2.36. The lowest BCUT2D eigenvalue weighted by molar-refractivity contribution is 0.146. The summed E-state index contributed by atoms with van der Waals surface area (Å²) >= 11 is 0. The van der Waals surface area contributed by atoms with Gasteiger partial charge in [-0.3, -0.25) is 0 Å². The predicted octanol–water partition coefficient (Wildman–Crippen LogP) is 2.57. The fourth-order valence-electron chi connectivity index (χ4n) is 2.64. The summed E-state index contributed by atoms with van der Waals surface area (Å²) in [6, 6.07) is 0.208. The Morgan fingerprint density at radius 3 is 2.65 bits per heavy atom. The molecule has 0 bridgehead atoms. The van der Waals surface area contributed by atoms with Crippen LogP contribution in [0, 0.1) is 5.41 Å². The standard InChI is InChI=1S/C13H21N3O/c1-12(2)5-4-8-14-9(12)10-15-11(16-17-10)13(3)6-7-13/h9,14H,4-8H2,1-3H3. The quantitative estimate of drug-likeness (QED) is 0.856. The van der Waals surface area contributed by atoms with E-state index < -0.39 is 0 Å². The second kappa shape index (κ2) is 3.55. The summed E-state index contributed by atoms with van der Waals surface area (Å²) in [4.78, 5) is 4.62. The molecule has 4 nitrogen and oxygen atoms in total. The molecule has 17 heavy (non-hydrogen) atoms. The summed E-state index contributed by atoms with van der Waals surface area (Å²) < 4.78 is 5.48. The van der Waals surface area contributed by atoms with Crippen LogP contribution >= 0.6 is 0 Å². The van der Waals surface area contributed by atoms with E-state index in [0.29, 0.717) is 0 Å². The van der Waals surface area contributed by atoms with Gasteiger partial charge in [-0.05, 0) is 37.6 Å². The fraction of sp³-hybridized carbons (Fsp3) is 0.846.